The van der Waals surface area contributed by atoms with Crippen molar-refractivity contribution in [1.29, 1.82) is 0 Å². The first-order valence-corrected chi connectivity index (χ1v) is 14.3. The first-order valence-electron chi connectivity index (χ1n) is 12.8. The second-order valence-corrected chi connectivity index (χ2v) is 12.0. The Kier molecular flexibility index (Phi) is 7.35. The first-order chi connectivity index (χ1) is 17.6. The Morgan fingerprint density at radius 2 is 1.19 bits per heavy atom. The minimum Gasteiger partial charge on any atom is -0.478 e. The summed E-state index contributed by atoms with van der Waals surface area (Å²) in [7, 11) is -0.464. The molecule has 0 aromatic heterocycles. The van der Waals surface area contributed by atoms with E-state index in [1.165, 1.54) is 32.9 Å². The lowest BCUT2D eigenvalue weighted by Gasteiger charge is -2.30. The topological polar surface area (TPSA) is 21.6 Å². The molecule has 4 aromatic carbocycles. The van der Waals surface area contributed by atoms with Gasteiger partial charge in [-0.15, -0.1) is 0 Å². The van der Waals surface area contributed by atoms with E-state index in [0.29, 0.717) is 6.61 Å². The van der Waals surface area contributed by atoms with Gasteiger partial charge in [-0.25, -0.2) is 4.99 Å². The van der Waals surface area contributed by atoms with E-state index in [4.69, 9.17) is 9.73 Å². The highest BCUT2D eigenvalue weighted by Gasteiger charge is 2.39. The second kappa shape index (κ2) is 10.8. The first kappa shape index (κ1) is 24.5. The predicted octanol–water partition coefficient (Wildman–Crippen LogP) is 6.93. The summed E-state index contributed by atoms with van der Waals surface area (Å²) in [5, 5.41) is 2.95. The predicted molar refractivity (Wildman–Crippen MR) is 155 cm³/mol. The number of nitrogens with zero attached hydrogens (tertiary/aromatic N) is 1. The van der Waals surface area contributed by atoms with Crippen molar-refractivity contribution in [3.8, 4) is 0 Å². The Morgan fingerprint density at radius 3 is 1.69 bits per heavy atom. The van der Waals surface area contributed by atoms with Crippen molar-refractivity contribution >= 4 is 24.4 Å². The molecule has 1 aliphatic rings. The maximum atomic E-state index is 6.39. The van der Waals surface area contributed by atoms with Gasteiger partial charge in [-0.3, -0.25) is 0 Å². The molecular formula is C33H34NOP. The van der Waals surface area contributed by atoms with Gasteiger partial charge < -0.3 is 4.74 Å². The van der Waals surface area contributed by atoms with Gasteiger partial charge in [-0.1, -0.05) is 109 Å². The molecule has 0 amide bonds. The minimum atomic E-state index is -0.464. The van der Waals surface area contributed by atoms with Gasteiger partial charge >= 0.3 is 0 Å². The summed E-state index contributed by atoms with van der Waals surface area (Å²) in [6, 6.07) is 39.2. The smallest absolute Gasteiger partial charge is 0.198 e. The average Bonchev–Trinajstić information content (AvgIpc) is 3.41. The Morgan fingerprint density at radius 1 is 0.722 bits per heavy atom. The van der Waals surface area contributed by atoms with Gasteiger partial charge in [0.1, 0.15) is 6.61 Å². The van der Waals surface area contributed by atoms with E-state index < -0.39 is 13.3 Å². The number of rotatable bonds is 8. The Labute approximate surface area is 216 Å². The van der Waals surface area contributed by atoms with Crippen molar-refractivity contribution in [3.05, 3.63) is 131 Å². The molecular weight excluding hydrogens is 457 g/mol. The highest BCUT2D eigenvalue weighted by Crippen LogP contribution is 2.39. The zero-order valence-corrected chi connectivity index (χ0v) is 22.3. The summed E-state index contributed by atoms with van der Waals surface area (Å²) < 4.78 is 6.39. The molecule has 0 fully saturated rings. The van der Waals surface area contributed by atoms with Crippen molar-refractivity contribution in [2.45, 2.75) is 38.6 Å². The van der Waals surface area contributed by atoms with Gasteiger partial charge in [0, 0.05) is 0 Å². The zero-order valence-electron chi connectivity index (χ0n) is 21.4. The van der Waals surface area contributed by atoms with Crippen LogP contribution in [0.4, 0.5) is 0 Å². The standard InChI is InChI=1S/C33H34NOP/c1-25-14-10-12-20-30(25)36(31-21-13-11-15-26(31)2)23-22-29-24-35-32(34-29)33(3,27-16-6-4-7-17-27)28-18-8-5-9-19-28/h4-21,29H,22-24H2,1-3H3/t29-/m0/s1. The summed E-state index contributed by atoms with van der Waals surface area (Å²) in [6.07, 6.45) is 2.11. The lowest BCUT2D eigenvalue weighted by atomic mass is 9.76. The van der Waals surface area contributed by atoms with Crippen LogP contribution in [0.1, 0.15) is 35.6 Å². The monoisotopic (exact) mass is 491 g/mol. The van der Waals surface area contributed by atoms with Crippen LogP contribution in [0.25, 0.3) is 0 Å². The SMILES string of the molecule is Cc1ccccc1P(CC[C@H]1COC(C(C)(c2ccccc2)c2ccccc2)=N1)c1ccccc1C. The van der Waals surface area contributed by atoms with Gasteiger partial charge in [-0.05, 0) is 74.1 Å². The van der Waals surface area contributed by atoms with Gasteiger partial charge in [0.25, 0.3) is 0 Å². The summed E-state index contributed by atoms with van der Waals surface area (Å²) in [5.41, 5.74) is 4.75. The quantitative estimate of drug-likeness (QED) is 0.245. The molecule has 3 heteroatoms. The molecule has 0 saturated heterocycles. The van der Waals surface area contributed by atoms with Crippen LogP contribution in [0.15, 0.2) is 114 Å². The molecule has 4 aromatic rings. The number of hydrogen-bond acceptors (Lipinski definition) is 2. The molecule has 0 saturated carbocycles. The van der Waals surface area contributed by atoms with Crippen LogP contribution < -0.4 is 10.6 Å². The normalized spacial score (nSPS) is 15.6. The van der Waals surface area contributed by atoms with Crippen LogP contribution in [-0.2, 0) is 10.2 Å². The van der Waals surface area contributed by atoms with Crippen LogP contribution >= 0.6 is 7.92 Å². The molecule has 1 aliphatic heterocycles. The molecule has 1 heterocycles. The second-order valence-electron chi connectivity index (χ2n) is 9.77. The maximum absolute atomic E-state index is 6.39. The Hall–Kier alpha value is -3.22. The molecule has 36 heavy (non-hydrogen) atoms. The van der Waals surface area contributed by atoms with E-state index in [1.54, 1.807) is 0 Å². The molecule has 5 rings (SSSR count). The summed E-state index contributed by atoms with van der Waals surface area (Å²) in [6.45, 7) is 7.37. The Bertz CT molecular complexity index is 1250. The summed E-state index contributed by atoms with van der Waals surface area (Å²) in [5.74, 6) is 0.834. The minimum absolute atomic E-state index is 0.171. The van der Waals surface area contributed by atoms with Gasteiger partial charge in [0.05, 0.1) is 11.5 Å². The lowest BCUT2D eigenvalue weighted by Crippen LogP contribution is -2.34. The van der Waals surface area contributed by atoms with Crippen molar-refractivity contribution < 1.29 is 4.74 Å². The molecule has 0 radical (unpaired) electrons. The zero-order chi connectivity index (χ0) is 25.0. The van der Waals surface area contributed by atoms with Crippen LogP contribution in [0.2, 0.25) is 0 Å². The molecule has 0 bridgehead atoms. The highest BCUT2D eigenvalue weighted by atomic mass is 31.1. The lowest BCUT2D eigenvalue weighted by molar-refractivity contribution is 0.296. The van der Waals surface area contributed by atoms with Crippen LogP contribution in [0, 0.1) is 13.8 Å². The molecule has 0 spiro atoms. The third-order valence-corrected chi connectivity index (χ3v) is 10.2. The summed E-state index contributed by atoms with van der Waals surface area (Å²) >= 11 is 0. The maximum Gasteiger partial charge on any atom is 0.198 e. The van der Waals surface area contributed by atoms with Gasteiger partial charge in [-0.2, -0.15) is 0 Å². The van der Waals surface area contributed by atoms with E-state index in [9.17, 15) is 0 Å². The molecule has 0 aliphatic carbocycles. The fourth-order valence-corrected chi connectivity index (χ4v) is 8.00. The van der Waals surface area contributed by atoms with Crippen molar-refractivity contribution in [2.75, 3.05) is 12.8 Å². The van der Waals surface area contributed by atoms with Gasteiger partial charge in [0.15, 0.2) is 5.90 Å². The van der Waals surface area contributed by atoms with E-state index in [2.05, 4.69) is 130 Å². The fraction of sp³-hybridized carbons (Fsp3) is 0.242. The highest BCUT2D eigenvalue weighted by molar-refractivity contribution is 7.73. The van der Waals surface area contributed by atoms with Crippen LogP contribution in [0.5, 0.6) is 0 Å². The average molecular weight is 492 g/mol. The summed E-state index contributed by atoms with van der Waals surface area (Å²) in [4.78, 5) is 5.22. The number of ether oxygens (including phenoxy) is 1. The molecule has 182 valence electrons. The molecule has 2 nitrogen and oxygen atoms in total. The third kappa shape index (κ3) is 4.88. The fourth-order valence-electron chi connectivity index (χ4n) is 5.17. The largest absolute Gasteiger partial charge is 0.478 e. The molecule has 1 atom stereocenters. The van der Waals surface area contributed by atoms with E-state index in [-0.39, 0.29) is 6.04 Å². The van der Waals surface area contributed by atoms with E-state index in [1.807, 2.05) is 0 Å². The van der Waals surface area contributed by atoms with E-state index >= 15 is 0 Å². The van der Waals surface area contributed by atoms with Crippen LogP contribution in [-0.4, -0.2) is 24.7 Å². The number of benzene rings is 4. The number of aliphatic imine (C=N–C) groups is 1. The van der Waals surface area contributed by atoms with Gasteiger partial charge in [0.2, 0.25) is 0 Å². The third-order valence-electron chi connectivity index (χ3n) is 7.34. The molecule has 0 N–H and O–H groups in total. The van der Waals surface area contributed by atoms with E-state index in [0.717, 1.165) is 18.5 Å². The Balaban J connectivity index is 1.44. The van der Waals surface area contributed by atoms with Crippen molar-refractivity contribution in [2.24, 2.45) is 4.99 Å². The number of aryl methyl sites for hydroxylation is 2. The number of hydrogen-bond donors (Lipinski definition) is 0. The van der Waals surface area contributed by atoms with Crippen LogP contribution in [0.3, 0.4) is 0 Å². The van der Waals surface area contributed by atoms with Crippen molar-refractivity contribution in [1.82, 2.24) is 0 Å². The molecule has 0 unspecified atom stereocenters. The van der Waals surface area contributed by atoms with Crippen molar-refractivity contribution in [3.63, 3.8) is 0 Å².